The molecule has 0 bridgehead atoms. The highest BCUT2D eigenvalue weighted by Crippen LogP contribution is 2.09. The summed E-state index contributed by atoms with van der Waals surface area (Å²) in [7, 11) is -2.05. The van der Waals surface area contributed by atoms with E-state index in [1.54, 1.807) is 12.1 Å². The maximum absolute atomic E-state index is 12.6. The molecule has 0 radical (unpaired) electrons. The van der Waals surface area contributed by atoms with Crippen molar-refractivity contribution in [2.24, 2.45) is 0 Å². The molecule has 0 aromatic heterocycles. The first-order valence-corrected chi connectivity index (χ1v) is 10.7. The minimum atomic E-state index is -3.42. The standard InChI is InChI=1S/C21H24N2O4S/c1-27-21(24)20-9-5-8-19(16-20)17-22-11-13-23(14-12-22)28(25,26)15-10-18-6-3-2-4-7-18/h2-10,15-16H,11-14,17H2,1H3/p+1/b15-10+. The van der Waals surface area contributed by atoms with Crippen molar-refractivity contribution in [2.75, 3.05) is 33.3 Å². The third kappa shape index (κ3) is 5.28. The monoisotopic (exact) mass is 401 g/mol. The van der Waals surface area contributed by atoms with Crippen molar-refractivity contribution < 1.29 is 22.8 Å². The second-order valence-electron chi connectivity index (χ2n) is 6.78. The van der Waals surface area contributed by atoms with Crippen molar-refractivity contribution >= 4 is 22.1 Å². The van der Waals surface area contributed by atoms with Crippen LogP contribution in [0.2, 0.25) is 0 Å². The van der Waals surface area contributed by atoms with Gasteiger partial charge in [0.1, 0.15) is 6.54 Å². The molecule has 0 aliphatic carbocycles. The fourth-order valence-corrected chi connectivity index (χ4v) is 4.46. The van der Waals surface area contributed by atoms with Gasteiger partial charge in [0.25, 0.3) is 0 Å². The van der Waals surface area contributed by atoms with Gasteiger partial charge in [0.15, 0.2) is 0 Å². The van der Waals surface area contributed by atoms with E-state index in [2.05, 4.69) is 0 Å². The molecule has 7 heteroatoms. The second kappa shape index (κ2) is 9.14. The molecule has 6 nitrogen and oxygen atoms in total. The van der Waals surface area contributed by atoms with Crippen molar-refractivity contribution in [3.05, 3.63) is 76.7 Å². The molecule has 1 aliphatic rings. The van der Waals surface area contributed by atoms with Crippen LogP contribution in [0, 0.1) is 0 Å². The fraction of sp³-hybridized carbons (Fsp3) is 0.286. The van der Waals surface area contributed by atoms with Crippen LogP contribution in [-0.2, 0) is 21.3 Å². The lowest BCUT2D eigenvalue weighted by Crippen LogP contribution is -3.13. The molecule has 2 aromatic carbocycles. The SMILES string of the molecule is COC(=O)c1cccc(C[NH+]2CCN(S(=O)(=O)/C=C/c3ccccc3)CC2)c1. The van der Waals surface area contributed by atoms with Crippen LogP contribution in [0.15, 0.2) is 60.0 Å². The summed E-state index contributed by atoms with van der Waals surface area (Å²) in [5.74, 6) is -0.349. The fourth-order valence-electron chi connectivity index (χ4n) is 3.26. The number of carbonyl (C=O) groups is 1. The van der Waals surface area contributed by atoms with Gasteiger partial charge in [0, 0.05) is 11.0 Å². The Labute approximate surface area is 166 Å². The van der Waals surface area contributed by atoms with Crippen LogP contribution in [0.5, 0.6) is 0 Å². The molecule has 1 aliphatic heterocycles. The second-order valence-corrected chi connectivity index (χ2v) is 8.59. The molecule has 0 amide bonds. The summed E-state index contributed by atoms with van der Waals surface area (Å²) in [6.07, 6.45) is 1.63. The van der Waals surface area contributed by atoms with Gasteiger partial charge in [0.05, 0.1) is 38.9 Å². The molecule has 1 heterocycles. The molecule has 0 atom stereocenters. The van der Waals surface area contributed by atoms with E-state index in [0.29, 0.717) is 18.7 Å². The van der Waals surface area contributed by atoms with Gasteiger partial charge >= 0.3 is 5.97 Å². The number of rotatable bonds is 6. The first-order valence-electron chi connectivity index (χ1n) is 9.22. The quantitative estimate of drug-likeness (QED) is 0.738. The molecule has 1 saturated heterocycles. The summed E-state index contributed by atoms with van der Waals surface area (Å²) in [5, 5.41) is 1.28. The lowest BCUT2D eigenvalue weighted by Gasteiger charge is -2.30. The number of nitrogens with one attached hydrogen (secondary N) is 1. The average Bonchev–Trinajstić information content (AvgIpc) is 2.73. The first kappa shape index (κ1) is 20.3. The van der Waals surface area contributed by atoms with Gasteiger partial charge in [-0.1, -0.05) is 42.5 Å². The van der Waals surface area contributed by atoms with Crippen molar-refractivity contribution in [3.8, 4) is 0 Å². The van der Waals surface area contributed by atoms with Gasteiger partial charge in [-0.25, -0.2) is 13.2 Å². The highest BCUT2D eigenvalue weighted by Gasteiger charge is 2.27. The Kier molecular flexibility index (Phi) is 6.61. The van der Waals surface area contributed by atoms with Crippen LogP contribution < -0.4 is 4.90 Å². The number of hydrogen-bond acceptors (Lipinski definition) is 4. The molecule has 28 heavy (non-hydrogen) atoms. The lowest BCUT2D eigenvalue weighted by atomic mass is 10.1. The van der Waals surface area contributed by atoms with Crippen LogP contribution in [-0.4, -0.2) is 52.0 Å². The van der Waals surface area contributed by atoms with E-state index in [9.17, 15) is 13.2 Å². The summed E-state index contributed by atoms with van der Waals surface area (Å²) >= 11 is 0. The predicted molar refractivity (Wildman–Crippen MR) is 108 cm³/mol. The van der Waals surface area contributed by atoms with Crippen molar-refractivity contribution in [3.63, 3.8) is 0 Å². The van der Waals surface area contributed by atoms with Gasteiger partial charge in [-0.3, -0.25) is 0 Å². The number of esters is 1. The molecule has 148 valence electrons. The van der Waals surface area contributed by atoms with Gasteiger partial charge in [-0.15, -0.1) is 0 Å². The number of benzene rings is 2. The maximum Gasteiger partial charge on any atom is 0.337 e. The summed E-state index contributed by atoms with van der Waals surface area (Å²) in [4.78, 5) is 13.0. The van der Waals surface area contributed by atoms with E-state index in [1.165, 1.54) is 21.7 Å². The smallest absolute Gasteiger partial charge is 0.337 e. The summed E-state index contributed by atoms with van der Waals surface area (Å²) < 4.78 is 31.4. The normalized spacial score (nSPS) is 16.3. The van der Waals surface area contributed by atoms with Crippen molar-refractivity contribution in [1.29, 1.82) is 0 Å². The van der Waals surface area contributed by atoms with Gasteiger partial charge in [0.2, 0.25) is 10.0 Å². The van der Waals surface area contributed by atoms with E-state index >= 15 is 0 Å². The number of sulfonamides is 1. The van der Waals surface area contributed by atoms with Gasteiger partial charge < -0.3 is 9.64 Å². The van der Waals surface area contributed by atoms with Crippen LogP contribution >= 0.6 is 0 Å². The van der Waals surface area contributed by atoms with Crippen LogP contribution in [0.25, 0.3) is 6.08 Å². The van der Waals surface area contributed by atoms with E-state index in [1.807, 2.05) is 48.5 Å². The van der Waals surface area contributed by atoms with Crippen LogP contribution in [0.3, 0.4) is 0 Å². The van der Waals surface area contributed by atoms with E-state index in [0.717, 1.165) is 30.8 Å². The molecule has 2 aromatic rings. The summed E-state index contributed by atoms with van der Waals surface area (Å²) in [6, 6.07) is 16.8. The Hall–Kier alpha value is -2.48. The lowest BCUT2D eigenvalue weighted by molar-refractivity contribution is -0.917. The molecule has 0 unspecified atom stereocenters. The number of ether oxygens (including phenoxy) is 1. The number of hydrogen-bond donors (Lipinski definition) is 1. The Bertz CT molecular complexity index is 934. The highest BCUT2D eigenvalue weighted by atomic mass is 32.2. The number of piperazine rings is 1. The van der Waals surface area contributed by atoms with Gasteiger partial charge in [-0.2, -0.15) is 4.31 Å². The Morgan fingerprint density at radius 2 is 1.82 bits per heavy atom. The molecular formula is C21H25N2O4S+. The number of quaternary nitrogens is 1. The number of carbonyl (C=O) groups excluding carboxylic acids is 1. The zero-order valence-corrected chi connectivity index (χ0v) is 16.7. The highest BCUT2D eigenvalue weighted by molar-refractivity contribution is 7.92. The zero-order chi connectivity index (χ0) is 20.0. The van der Waals surface area contributed by atoms with E-state index in [4.69, 9.17) is 4.74 Å². The summed E-state index contributed by atoms with van der Waals surface area (Å²) in [5.41, 5.74) is 2.44. The predicted octanol–water partition coefficient (Wildman–Crippen LogP) is 1.17. The minimum absolute atomic E-state index is 0.349. The first-order chi connectivity index (χ1) is 13.5. The number of methoxy groups -OCH3 is 1. The molecule has 1 N–H and O–H groups in total. The third-order valence-corrected chi connectivity index (χ3v) is 6.39. The number of nitrogens with zero attached hydrogens (tertiary/aromatic N) is 1. The Balaban J connectivity index is 1.57. The van der Waals surface area contributed by atoms with Crippen molar-refractivity contribution in [2.45, 2.75) is 6.54 Å². The zero-order valence-electron chi connectivity index (χ0n) is 15.9. The van der Waals surface area contributed by atoms with E-state index < -0.39 is 10.0 Å². The van der Waals surface area contributed by atoms with Crippen LogP contribution in [0.4, 0.5) is 0 Å². The van der Waals surface area contributed by atoms with E-state index in [-0.39, 0.29) is 5.97 Å². The van der Waals surface area contributed by atoms with Crippen molar-refractivity contribution in [1.82, 2.24) is 4.31 Å². The summed E-state index contributed by atoms with van der Waals surface area (Å²) in [6.45, 7) is 3.15. The van der Waals surface area contributed by atoms with Crippen LogP contribution in [0.1, 0.15) is 21.5 Å². The molecular weight excluding hydrogens is 376 g/mol. The Morgan fingerprint density at radius 3 is 2.50 bits per heavy atom. The Morgan fingerprint density at radius 1 is 1.11 bits per heavy atom. The maximum atomic E-state index is 12.6. The largest absolute Gasteiger partial charge is 0.465 e. The molecule has 0 saturated carbocycles. The molecule has 1 fully saturated rings. The average molecular weight is 402 g/mol. The minimum Gasteiger partial charge on any atom is -0.465 e. The topological polar surface area (TPSA) is 68.1 Å². The molecule has 0 spiro atoms. The molecule has 3 rings (SSSR count). The third-order valence-electron chi connectivity index (χ3n) is 4.82. The van der Waals surface area contributed by atoms with Gasteiger partial charge in [-0.05, 0) is 23.8 Å².